The molecule has 0 bridgehead atoms. The zero-order valence-electron chi connectivity index (χ0n) is 9.01. The zero-order chi connectivity index (χ0) is 9.99. The van der Waals surface area contributed by atoms with E-state index in [2.05, 4.69) is 31.2 Å². The highest BCUT2D eigenvalue weighted by Gasteiger charge is 2.36. The second kappa shape index (κ2) is 2.44. The van der Waals surface area contributed by atoms with Crippen molar-refractivity contribution < 1.29 is 0 Å². The number of benzene rings is 1. The summed E-state index contributed by atoms with van der Waals surface area (Å²) in [5.41, 5.74) is 9.57. The first-order valence-electron chi connectivity index (χ1n) is 5.87. The SMILES string of the molecule is Cc1ccc2c3c1C=CC1=C(C1)C3CC2. The van der Waals surface area contributed by atoms with Crippen molar-refractivity contribution in [2.45, 2.75) is 32.1 Å². The predicted octanol–water partition coefficient (Wildman–Crippen LogP) is 3.75. The minimum absolute atomic E-state index is 0.778. The molecule has 1 aromatic carbocycles. The number of aryl methyl sites for hydroxylation is 2. The molecule has 0 saturated carbocycles. The van der Waals surface area contributed by atoms with E-state index in [1.165, 1.54) is 30.4 Å². The van der Waals surface area contributed by atoms with Crippen LogP contribution in [0.4, 0.5) is 0 Å². The summed E-state index contributed by atoms with van der Waals surface area (Å²) in [7, 11) is 0. The first kappa shape index (κ1) is 7.92. The summed E-state index contributed by atoms with van der Waals surface area (Å²) in [6, 6.07) is 4.63. The largest absolute Gasteiger partial charge is 0.0584 e. The monoisotopic (exact) mass is 194 g/mol. The third kappa shape index (κ3) is 0.923. The maximum absolute atomic E-state index is 2.35. The third-order valence-electron chi connectivity index (χ3n) is 4.19. The normalized spacial score (nSPS) is 25.0. The van der Waals surface area contributed by atoms with Gasteiger partial charge in [-0.05, 0) is 54.0 Å². The Morgan fingerprint density at radius 1 is 1.20 bits per heavy atom. The summed E-state index contributed by atoms with van der Waals surface area (Å²) in [5.74, 6) is 0.778. The molecule has 1 atom stereocenters. The summed E-state index contributed by atoms with van der Waals surface area (Å²) in [4.78, 5) is 0. The molecule has 3 aliphatic carbocycles. The van der Waals surface area contributed by atoms with Gasteiger partial charge < -0.3 is 0 Å². The van der Waals surface area contributed by atoms with Gasteiger partial charge in [-0.2, -0.15) is 0 Å². The van der Waals surface area contributed by atoms with Gasteiger partial charge in [0.25, 0.3) is 0 Å². The van der Waals surface area contributed by atoms with Crippen LogP contribution in [0.3, 0.4) is 0 Å². The highest BCUT2D eigenvalue weighted by molar-refractivity contribution is 5.71. The van der Waals surface area contributed by atoms with Gasteiger partial charge in [0.2, 0.25) is 0 Å². The van der Waals surface area contributed by atoms with Gasteiger partial charge in [0.15, 0.2) is 0 Å². The van der Waals surface area contributed by atoms with E-state index in [1.54, 1.807) is 22.3 Å². The van der Waals surface area contributed by atoms with Gasteiger partial charge in [-0.15, -0.1) is 0 Å². The van der Waals surface area contributed by atoms with E-state index in [0.29, 0.717) is 0 Å². The summed E-state index contributed by atoms with van der Waals surface area (Å²) < 4.78 is 0. The van der Waals surface area contributed by atoms with Crippen molar-refractivity contribution in [3.05, 3.63) is 51.6 Å². The molecule has 0 N–H and O–H groups in total. The minimum atomic E-state index is 0.778. The Morgan fingerprint density at radius 3 is 3.07 bits per heavy atom. The third-order valence-corrected chi connectivity index (χ3v) is 4.19. The van der Waals surface area contributed by atoms with E-state index >= 15 is 0 Å². The number of rotatable bonds is 0. The van der Waals surface area contributed by atoms with E-state index in [1.807, 2.05) is 0 Å². The van der Waals surface area contributed by atoms with Crippen LogP contribution >= 0.6 is 0 Å². The second-order valence-electron chi connectivity index (χ2n) is 5.02. The van der Waals surface area contributed by atoms with Crippen LogP contribution in [0.2, 0.25) is 0 Å². The molecule has 4 rings (SSSR count). The molecule has 0 fully saturated rings. The topological polar surface area (TPSA) is 0 Å². The van der Waals surface area contributed by atoms with Crippen molar-refractivity contribution in [3.8, 4) is 0 Å². The van der Waals surface area contributed by atoms with E-state index in [-0.39, 0.29) is 0 Å². The molecule has 74 valence electrons. The fourth-order valence-corrected chi connectivity index (χ4v) is 3.29. The average molecular weight is 194 g/mol. The smallest absolute Gasteiger partial charge is 0.00693 e. The van der Waals surface area contributed by atoms with Crippen LogP contribution in [0.15, 0.2) is 29.4 Å². The molecule has 0 nitrogen and oxygen atoms in total. The fraction of sp³-hybridized carbons (Fsp3) is 0.333. The van der Waals surface area contributed by atoms with Crippen molar-refractivity contribution >= 4 is 6.08 Å². The molecule has 0 heteroatoms. The first-order chi connectivity index (χ1) is 7.34. The highest BCUT2D eigenvalue weighted by atomic mass is 14.4. The van der Waals surface area contributed by atoms with Crippen molar-refractivity contribution in [1.82, 2.24) is 0 Å². The predicted molar refractivity (Wildman–Crippen MR) is 62.9 cm³/mol. The van der Waals surface area contributed by atoms with Gasteiger partial charge >= 0.3 is 0 Å². The number of hydrogen-bond acceptors (Lipinski definition) is 0. The molecule has 15 heavy (non-hydrogen) atoms. The van der Waals surface area contributed by atoms with Crippen LogP contribution < -0.4 is 0 Å². The van der Waals surface area contributed by atoms with Crippen molar-refractivity contribution in [2.24, 2.45) is 0 Å². The maximum atomic E-state index is 2.35. The summed E-state index contributed by atoms with van der Waals surface area (Å²) in [6.07, 6.45) is 8.62. The summed E-state index contributed by atoms with van der Waals surface area (Å²) in [5, 5.41) is 0. The Hall–Kier alpha value is -1.30. The number of allylic oxidation sites excluding steroid dienone is 3. The van der Waals surface area contributed by atoms with Gasteiger partial charge in [-0.1, -0.05) is 29.9 Å². The Kier molecular flexibility index (Phi) is 1.29. The van der Waals surface area contributed by atoms with Crippen molar-refractivity contribution in [2.75, 3.05) is 0 Å². The lowest BCUT2D eigenvalue weighted by Crippen LogP contribution is -1.96. The van der Waals surface area contributed by atoms with Crippen molar-refractivity contribution in [1.29, 1.82) is 0 Å². The Morgan fingerprint density at radius 2 is 2.13 bits per heavy atom. The maximum Gasteiger partial charge on any atom is 0.00693 e. The van der Waals surface area contributed by atoms with Gasteiger partial charge in [0.05, 0.1) is 0 Å². The molecule has 0 aliphatic heterocycles. The molecule has 1 aromatic rings. The molecule has 0 saturated heterocycles. The Labute approximate surface area is 90.3 Å². The second-order valence-corrected chi connectivity index (χ2v) is 5.02. The lowest BCUT2D eigenvalue weighted by molar-refractivity contribution is 0.788. The molecule has 0 amide bonds. The summed E-state index contributed by atoms with van der Waals surface area (Å²) in [6.45, 7) is 2.24. The Balaban J connectivity index is 2.06. The molecule has 3 aliphatic rings. The molecular formula is C15H14. The van der Waals surface area contributed by atoms with Gasteiger partial charge in [-0.25, -0.2) is 0 Å². The quantitative estimate of drug-likeness (QED) is 0.590. The van der Waals surface area contributed by atoms with E-state index in [4.69, 9.17) is 0 Å². The molecule has 0 spiro atoms. The number of hydrogen-bond donors (Lipinski definition) is 0. The number of fused-ring (bicyclic) bond motifs is 1. The van der Waals surface area contributed by atoms with Crippen LogP contribution in [0.1, 0.15) is 41.0 Å². The first-order valence-corrected chi connectivity index (χ1v) is 5.87. The molecule has 0 aromatic heterocycles. The molecule has 0 heterocycles. The standard InChI is InChI=1S/C15H14/c1-9-2-3-10-4-7-13-14-8-11(14)5-6-12(9)15(10)13/h2-3,5-6,13H,4,7-8H2,1H3. The van der Waals surface area contributed by atoms with Crippen molar-refractivity contribution in [3.63, 3.8) is 0 Å². The zero-order valence-corrected chi connectivity index (χ0v) is 9.01. The minimum Gasteiger partial charge on any atom is -0.0584 e. The van der Waals surface area contributed by atoms with E-state index in [9.17, 15) is 0 Å². The van der Waals surface area contributed by atoms with Gasteiger partial charge in [0, 0.05) is 5.92 Å². The van der Waals surface area contributed by atoms with Crippen LogP contribution in [-0.4, -0.2) is 0 Å². The van der Waals surface area contributed by atoms with Crippen LogP contribution in [-0.2, 0) is 6.42 Å². The lowest BCUT2D eigenvalue weighted by atomic mass is 9.91. The highest BCUT2D eigenvalue weighted by Crippen LogP contribution is 2.52. The van der Waals surface area contributed by atoms with Gasteiger partial charge in [-0.3, -0.25) is 0 Å². The Bertz CT molecular complexity index is 529. The average Bonchev–Trinajstić information content (AvgIpc) is 2.90. The van der Waals surface area contributed by atoms with E-state index in [0.717, 1.165) is 5.92 Å². The van der Waals surface area contributed by atoms with Crippen LogP contribution in [0.5, 0.6) is 0 Å². The fourth-order valence-electron chi connectivity index (χ4n) is 3.29. The lowest BCUT2D eigenvalue weighted by Gasteiger charge is -2.13. The van der Waals surface area contributed by atoms with Gasteiger partial charge in [0.1, 0.15) is 0 Å². The van der Waals surface area contributed by atoms with Crippen LogP contribution in [0, 0.1) is 6.92 Å². The molecule has 0 radical (unpaired) electrons. The van der Waals surface area contributed by atoms with Crippen LogP contribution in [0.25, 0.3) is 6.08 Å². The molecule has 1 unspecified atom stereocenters. The summed E-state index contributed by atoms with van der Waals surface area (Å²) >= 11 is 0. The molecular weight excluding hydrogens is 180 g/mol. The van der Waals surface area contributed by atoms with E-state index < -0.39 is 0 Å².